The SMILES string of the molecule is COc1ccc(C)c(C[C@@H](N)C(=O)O)c1. The lowest BCUT2D eigenvalue weighted by molar-refractivity contribution is -0.138. The number of hydrogen-bond donors (Lipinski definition) is 2. The van der Waals surface area contributed by atoms with Gasteiger partial charge in [-0.2, -0.15) is 0 Å². The summed E-state index contributed by atoms with van der Waals surface area (Å²) in [5, 5.41) is 8.70. The molecular weight excluding hydrogens is 194 g/mol. The predicted molar refractivity (Wildman–Crippen MR) is 57.0 cm³/mol. The Kier molecular flexibility index (Phi) is 3.68. The van der Waals surface area contributed by atoms with E-state index in [-0.39, 0.29) is 0 Å². The minimum Gasteiger partial charge on any atom is -0.497 e. The molecule has 4 heteroatoms. The third kappa shape index (κ3) is 2.95. The second-order valence-electron chi connectivity index (χ2n) is 3.44. The first-order valence-corrected chi connectivity index (χ1v) is 4.66. The monoisotopic (exact) mass is 209 g/mol. The molecule has 0 heterocycles. The van der Waals surface area contributed by atoms with Gasteiger partial charge in [-0.15, -0.1) is 0 Å². The van der Waals surface area contributed by atoms with E-state index in [2.05, 4.69) is 0 Å². The molecule has 1 atom stereocenters. The van der Waals surface area contributed by atoms with Crippen LogP contribution in [-0.4, -0.2) is 24.2 Å². The van der Waals surface area contributed by atoms with Gasteiger partial charge in [-0.1, -0.05) is 6.07 Å². The van der Waals surface area contributed by atoms with Crippen molar-refractivity contribution >= 4 is 5.97 Å². The summed E-state index contributed by atoms with van der Waals surface area (Å²) >= 11 is 0. The van der Waals surface area contributed by atoms with Gasteiger partial charge in [0.15, 0.2) is 0 Å². The predicted octanol–water partition coefficient (Wildman–Crippen LogP) is 0.958. The van der Waals surface area contributed by atoms with Crippen LogP contribution in [0.4, 0.5) is 0 Å². The fourth-order valence-corrected chi connectivity index (χ4v) is 1.32. The zero-order valence-corrected chi connectivity index (χ0v) is 8.86. The standard InChI is InChI=1S/C11H15NO3/c1-7-3-4-9(15-2)5-8(7)6-10(12)11(13)14/h3-5,10H,6,12H2,1-2H3,(H,13,14)/t10-/m1/s1. The van der Waals surface area contributed by atoms with Gasteiger partial charge in [0.05, 0.1) is 7.11 Å². The van der Waals surface area contributed by atoms with Crippen LogP contribution in [0.2, 0.25) is 0 Å². The van der Waals surface area contributed by atoms with Crippen LogP contribution in [-0.2, 0) is 11.2 Å². The number of nitrogens with two attached hydrogens (primary N) is 1. The van der Waals surface area contributed by atoms with E-state index in [0.717, 1.165) is 11.1 Å². The zero-order chi connectivity index (χ0) is 11.4. The van der Waals surface area contributed by atoms with E-state index in [1.54, 1.807) is 7.11 Å². The summed E-state index contributed by atoms with van der Waals surface area (Å²) < 4.78 is 5.06. The summed E-state index contributed by atoms with van der Waals surface area (Å²) in [6, 6.07) is 4.68. The summed E-state index contributed by atoms with van der Waals surface area (Å²) in [6.45, 7) is 1.92. The molecule has 0 aliphatic rings. The van der Waals surface area contributed by atoms with Crippen LogP contribution in [0.25, 0.3) is 0 Å². The van der Waals surface area contributed by atoms with Gasteiger partial charge in [0.2, 0.25) is 0 Å². The van der Waals surface area contributed by atoms with Crippen molar-refractivity contribution in [2.75, 3.05) is 7.11 Å². The summed E-state index contributed by atoms with van der Waals surface area (Å²) in [6.07, 6.45) is 0.318. The number of carboxylic acids is 1. The maximum Gasteiger partial charge on any atom is 0.320 e. The molecule has 0 saturated heterocycles. The molecule has 0 amide bonds. The first-order chi connectivity index (χ1) is 7.04. The molecule has 0 fully saturated rings. The molecule has 0 aliphatic carbocycles. The molecule has 82 valence electrons. The smallest absolute Gasteiger partial charge is 0.320 e. The minimum atomic E-state index is -0.989. The van der Waals surface area contributed by atoms with Crippen molar-refractivity contribution in [3.8, 4) is 5.75 Å². The molecule has 0 radical (unpaired) electrons. The van der Waals surface area contributed by atoms with Crippen molar-refractivity contribution in [2.45, 2.75) is 19.4 Å². The van der Waals surface area contributed by atoms with Crippen molar-refractivity contribution in [1.29, 1.82) is 0 Å². The van der Waals surface area contributed by atoms with Crippen LogP contribution in [0, 0.1) is 6.92 Å². The van der Waals surface area contributed by atoms with E-state index < -0.39 is 12.0 Å². The van der Waals surface area contributed by atoms with Crippen LogP contribution in [0.5, 0.6) is 5.75 Å². The Bertz CT molecular complexity index is 363. The normalized spacial score (nSPS) is 12.2. The highest BCUT2D eigenvalue weighted by molar-refractivity contribution is 5.73. The van der Waals surface area contributed by atoms with E-state index in [0.29, 0.717) is 12.2 Å². The van der Waals surface area contributed by atoms with Gasteiger partial charge in [0.25, 0.3) is 0 Å². The summed E-state index contributed by atoms with van der Waals surface area (Å²) in [5.41, 5.74) is 7.40. The van der Waals surface area contributed by atoms with Crippen molar-refractivity contribution in [3.05, 3.63) is 29.3 Å². The quantitative estimate of drug-likeness (QED) is 0.774. The molecule has 0 aromatic heterocycles. The van der Waals surface area contributed by atoms with Crippen LogP contribution >= 0.6 is 0 Å². The van der Waals surface area contributed by atoms with E-state index in [4.69, 9.17) is 15.6 Å². The highest BCUT2D eigenvalue weighted by Gasteiger charge is 2.13. The first-order valence-electron chi connectivity index (χ1n) is 4.66. The minimum absolute atomic E-state index is 0.318. The third-order valence-corrected chi connectivity index (χ3v) is 2.31. The number of carboxylic acid groups (broad SMARTS) is 1. The fourth-order valence-electron chi connectivity index (χ4n) is 1.32. The number of aliphatic carboxylic acids is 1. The molecule has 0 aliphatic heterocycles. The van der Waals surface area contributed by atoms with Crippen LogP contribution in [0.1, 0.15) is 11.1 Å². The van der Waals surface area contributed by atoms with Gasteiger partial charge in [-0.25, -0.2) is 0 Å². The average molecular weight is 209 g/mol. The molecule has 1 aromatic rings. The third-order valence-electron chi connectivity index (χ3n) is 2.31. The van der Waals surface area contributed by atoms with Gasteiger partial charge in [0, 0.05) is 0 Å². The maximum atomic E-state index is 10.6. The highest BCUT2D eigenvalue weighted by atomic mass is 16.5. The van der Waals surface area contributed by atoms with Crippen LogP contribution < -0.4 is 10.5 Å². The molecule has 15 heavy (non-hydrogen) atoms. The fraction of sp³-hybridized carbons (Fsp3) is 0.364. The highest BCUT2D eigenvalue weighted by Crippen LogP contribution is 2.18. The molecule has 1 aromatic carbocycles. The molecule has 0 unspecified atom stereocenters. The van der Waals surface area contributed by atoms with Crippen molar-refractivity contribution in [1.82, 2.24) is 0 Å². The molecule has 0 spiro atoms. The van der Waals surface area contributed by atoms with Crippen molar-refractivity contribution in [2.24, 2.45) is 5.73 Å². The van der Waals surface area contributed by atoms with Crippen LogP contribution in [0.3, 0.4) is 0 Å². The number of carbonyl (C=O) groups is 1. The number of aryl methyl sites for hydroxylation is 1. The summed E-state index contributed by atoms with van der Waals surface area (Å²) in [7, 11) is 1.57. The Morgan fingerprint density at radius 1 is 1.60 bits per heavy atom. The van der Waals surface area contributed by atoms with Crippen molar-refractivity contribution in [3.63, 3.8) is 0 Å². The lowest BCUT2D eigenvalue weighted by Crippen LogP contribution is -2.32. The van der Waals surface area contributed by atoms with E-state index >= 15 is 0 Å². The number of methoxy groups -OCH3 is 1. The van der Waals surface area contributed by atoms with Gasteiger partial charge < -0.3 is 15.6 Å². The van der Waals surface area contributed by atoms with E-state index in [9.17, 15) is 4.79 Å². The molecule has 0 bridgehead atoms. The van der Waals surface area contributed by atoms with E-state index in [1.165, 1.54) is 0 Å². The Balaban J connectivity index is 2.88. The zero-order valence-electron chi connectivity index (χ0n) is 8.86. The number of ether oxygens (including phenoxy) is 1. The molecule has 0 saturated carbocycles. The molecular formula is C11H15NO3. The Morgan fingerprint density at radius 2 is 2.27 bits per heavy atom. The second-order valence-corrected chi connectivity index (χ2v) is 3.44. The lowest BCUT2D eigenvalue weighted by atomic mass is 10.0. The van der Waals surface area contributed by atoms with E-state index in [1.807, 2.05) is 25.1 Å². The summed E-state index contributed by atoms with van der Waals surface area (Å²) in [4.78, 5) is 10.6. The second kappa shape index (κ2) is 4.79. The van der Waals surface area contributed by atoms with Gasteiger partial charge in [-0.3, -0.25) is 4.79 Å². The molecule has 3 N–H and O–H groups in total. The Labute approximate surface area is 88.7 Å². The van der Waals surface area contributed by atoms with Gasteiger partial charge in [-0.05, 0) is 36.6 Å². The van der Waals surface area contributed by atoms with Gasteiger partial charge >= 0.3 is 5.97 Å². The lowest BCUT2D eigenvalue weighted by Gasteiger charge is -2.10. The number of rotatable bonds is 4. The van der Waals surface area contributed by atoms with Crippen LogP contribution in [0.15, 0.2) is 18.2 Å². The molecule has 1 rings (SSSR count). The number of benzene rings is 1. The Hall–Kier alpha value is -1.55. The summed E-state index contributed by atoms with van der Waals surface area (Å²) in [5.74, 6) is -0.273. The first kappa shape index (κ1) is 11.5. The largest absolute Gasteiger partial charge is 0.497 e. The topological polar surface area (TPSA) is 72.5 Å². The van der Waals surface area contributed by atoms with Gasteiger partial charge in [0.1, 0.15) is 11.8 Å². The number of hydrogen-bond acceptors (Lipinski definition) is 3. The Morgan fingerprint density at radius 3 is 2.80 bits per heavy atom. The molecule has 4 nitrogen and oxygen atoms in total. The van der Waals surface area contributed by atoms with Crippen molar-refractivity contribution < 1.29 is 14.6 Å². The average Bonchev–Trinajstić information content (AvgIpc) is 2.21. The maximum absolute atomic E-state index is 10.6.